The van der Waals surface area contributed by atoms with Crippen LogP contribution in [0.2, 0.25) is 0 Å². The predicted molar refractivity (Wildman–Crippen MR) is 64.2 cm³/mol. The number of aryl methyl sites for hydroxylation is 1. The lowest BCUT2D eigenvalue weighted by Crippen LogP contribution is -2.28. The van der Waals surface area contributed by atoms with Crippen LogP contribution in [-0.2, 0) is 10.2 Å². The fraction of sp³-hybridized carbons (Fsp3) is 0.308. The average molecular weight is 223 g/mol. The molecule has 1 nitrogen and oxygen atoms in total. The molecule has 1 unspecified atom stereocenters. The van der Waals surface area contributed by atoms with E-state index in [0.717, 1.165) is 11.1 Å². The van der Waals surface area contributed by atoms with E-state index in [4.69, 9.17) is 11.6 Å². The van der Waals surface area contributed by atoms with Crippen LogP contribution < -0.4 is 0 Å². The fourth-order valence-electron chi connectivity index (χ4n) is 1.59. The molecule has 0 amide bonds. The lowest BCUT2D eigenvalue weighted by atomic mass is 9.80. The number of carbonyl (C=O) groups is 1. The Balaban J connectivity index is 3.20. The zero-order chi connectivity index (χ0) is 11.5. The lowest BCUT2D eigenvalue weighted by molar-refractivity contribution is -0.116. The molecule has 1 aromatic carbocycles. The lowest BCUT2D eigenvalue weighted by Gasteiger charge is -2.24. The Labute approximate surface area is 95.8 Å². The first kappa shape index (κ1) is 12.0. The maximum absolute atomic E-state index is 11.5. The predicted octanol–water partition coefficient (Wildman–Crippen LogP) is 3.59. The second-order valence-electron chi connectivity index (χ2n) is 3.97. The van der Waals surface area contributed by atoms with E-state index in [-0.39, 0.29) is 5.24 Å². The summed E-state index contributed by atoms with van der Waals surface area (Å²) in [6.07, 6.45) is 2.28. The number of halogens is 1. The van der Waals surface area contributed by atoms with Crippen molar-refractivity contribution >= 4 is 16.8 Å². The highest BCUT2D eigenvalue weighted by molar-refractivity contribution is 6.65. The minimum Gasteiger partial charge on any atom is -0.280 e. The molecule has 1 atom stereocenters. The van der Waals surface area contributed by atoms with Crippen molar-refractivity contribution in [3.63, 3.8) is 0 Å². The molecule has 0 saturated carbocycles. The first-order valence-corrected chi connectivity index (χ1v) is 5.26. The first-order chi connectivity index (χ1) is 7.00. The molecule has 0 radical (unpaired) electrons. The molecular weight excluding hydrogens is 208 g/mol. The van der Waals surface area contributed by atoms with Crippen molar-refractivity contribution in [3.8, 4) is 0 Å². The van der Waals surface area contributed by atoms with E-state index in [2.05, 4.69) is 6.58 Å². The highest BCUT2D eigenvalue weighted by Gasteiger charge is 2.32. The van der Waals surface area contributed by atoms with E-state index < -0.39 is 5.41 Å². The van der Waals surface area contributed by atoms with Crippen LogP contribution in [0.25, 0.3) is 0 Å². The molecule has 0 heterocycles. The van der Waals surface area contributed by atoms with Crippen molar-refractivity contribution < 1.29 is 4.79 Å². The van der Waals surface area contributed by atoms with E-state index in [1.165, 1.54) is 0 Å². The Morgan fingerprint density at radius 1 is 1.60 bits per heavy atom. The van der Waals surface area contributed by atoms with Crippen molar-refractivity contribution in [2.45, 2.75) is 25.7 Å². The van der Waals surface area contributed by atoms with Crippen molar-refractivity contribution in [1.82, 2.24) is 0 Å². The first-order valence-electron chi connectivity index (χ1n) is 4.88. The smallest absolute Gasteiger partial charge is 0.232 e. The van der Waals surface area contributed by atoms with Gasteiger partial charge in [-0.2, -0.15) is 0 Å². The van der Waals surface area contributed by atoms with Gasteiger partial charge >= 0.3 is 0 Å². The molecule has 0 aliphatic rings. The van der Waals surface area contributed by atoms with Gasteiger partial charge in [-0.05, 0) is 37.4 Å². The molecular formula is C13H15ClO. The van der Waals surface area contributed by atoms with Crippen molar-refractivity contribution in [1.29, 1.82) is 0 Å². The van der Waals surface area contributed by atoms with Gasteiger partial charge in [-0.15, -0.1) is 6.58 Å². The van der Waals surface area contributed by atoms with Gasteiger partial charge in [0.1, 0.15) is 0 Å². The van der Waals surface area contributed by atoms with E-state index in [1.54, 1.807) is 6.08 Å². The molecule has 1 rings (SSSR count). The molecule has 0 spiro atoms. The summed E-state index contributed by atoms with van der Waals surface area (Å²) in [4.78, 5) is 11.5. The Hall–Kier alpha value is -1.08. The molecule has 0 bridgehead atoms. The molecule has 15 heavy (non-hydrogen) atoms. The fourth-order valence-corrected chi connectivity index (χ4v) is 1.77. The summed E-state index contributed by atoms with van der Waals surface area (Å²) >= 11 is 5.66. The maximum Gasteiger partial charge on any atom is 0.232 e. The van der Waals surface area contributed by atoms with Crippen LogP contribution in [0.1, 0.15) is 24.5 Å². The largest absolute Gasteiger partial charge is 0.280 e. The SMILES string of the molecule is C=CCC(C)(C(=O)Cl)c1cccc(C)c1. The number of carbonyl (C=O) groups excluding carboxylic acids is 1. The van der Waals surface area contributed by atoms with E-state index in [0.29, 0.717) is 6.42 Å². The summed E-state index contributed by atoms with van der Waals surface area (Å²) in [6, 6.07) is 7.85. The molecule has 0 aliphatic heterocycles. The van der Waals surface area contributed by atoms with Crippen molar-refractivity contribution in [3.05, 3.63) is 48.0 Å². The number of hydrogen-bond donors (Lipinski definition) is 0. The standard InChI is InChI=1S/C13H15ClO/c1-4-8-13(3,12(14)15)11-7-5-6-10(2)9-11/h4-7,9H,1,8H2,2-3H3. The van der Waals surface area contributed by atoms with Crippen LogP contribution in [0.3, 0.4) is 0 Å². The van der Waals surface area contributed by atoms with E-state index >= 15 is 0 Å². The van der Waals surface area contributed by atoms with Gasteiger partial charge in [-0.3, -0.25) is 4.79 Å². The summed E-state index contributed by atoms with van der Waals surface area (Å²) in [5.41, 5.74) is 1.41. The van der Waals surface area contributed by atoms with Crippen LogP contribution in [0.5, 0.6) is 0 Å². The van der Waals surface area contributed by atoms with Gasteiger partial charge in [-0.1, -0.05) is 35.9 Å². The van der Waals surface area contributed by atoms with Crippen molar-refractivity contribution in [2.75, 3.05) is 0 Å². The molecule has 80 valence electrons. The summed E-state index contributed by atoms with van der Waals surface area (Å²) < 4.78 is 0. The topological polar surface area (TPSA) is 17.1 Å². The maximum atomic E-state index is 11.5. The molecule has 0 fully saturated rings. The molecule has 0 aromatic heterocycles. The normalized spacial score (nSPS) is 14.3. The van der Waals surface area contributed by atoms with Crippen LogP contribution in [0.4, 0.5) is 0 Å². The van der Waals surface area contributed by atoms with Crippen molar-refractivity contribution in [2.24, 2.45) is 0 Å². The third kappa shape index (κ3) is 2.48. The van der Waals surface area contributed by atoms with Crippen LogP contribution in [-0.4, -0.2) is 5.24 Å². The summed E-state index contributed by atoms with van der Waals surface area (Å²) in [7, 11) is 0. The zero-order valence-electron chi connectivity index (χ0n) is 9.09. The third-order valence-corrected chi connectivity index (χ3v) is 3.06. The second kappa shape index (κ2) is 4.63. The minimum absolute atomic E-state index is 0.340. The minimum atomic E-state index is -0.657. The number of benzene rings is 1. The van der Waals surface area contributed by atoms with Gasteiger partial charge in [0.25, 0.3) is 0 Å². The highest BCUT2D eigenvalue weighted by Crippen LogP contribution is 2.31. The summed E-state index contributed by atoms with van der Waals surface area (Å²) in [6.45, 7) is 7.51. The molecule has 0 N–H and O–H groups in total. The van der Waals surface area contributed by atoms with Gasteiger partial charge in [-0.25, -0.2) is 0 Å². The van der Waals surface area contributed by atoms with E-state index in [1.807, 2.05) is 38.1 Å². The van der Waals surface area contributed by atoms with E-state index in [9.17, 15) is 4.79 Å². The zero-order valence-corrected chi connectivity index (χ0v) is 9.84. The van der Waals surface area contributed by atoms with Crippen LogP contribution in [0.15, 0.2) is 36.9 Å². The molecule has 2 heteroatoms. The molecule has 0 saturated heterocycles. The van der Waals surface area contributed by atoms with Crippen LogP contribution in [0, 0.1) is 6.92 Å². The molecule has 1 aromatic rings. The third-order valence-electron chi connectivity index (χ3n) is 2.64. The van der Waals surface area contributed by atoms with Gasteiger partial charge < -0.3 is 0 Å². The van der Waals surface area contributed by atoms with Gasteiger partial charge in [0.2, 0.25) is 5.24 Å². The van der Waals surface area contributed by atoms with Gasteiger partial charge in [0.15, 0.2) is 0 Å². The highest BCUT2D eigenvalue weighted by atomic mass is 35.5. The van der Waals surface area contributed by atoms with Crippen LogP contribution >= 0.6 is 11.6 Å². The Bertz CT molecular complexity index is 384. The second-order valence-corrected chi connectivity index (χ2v) is 4.31. The number of allylic oxidation sites excluding steroid dienone is 1. The Kier molecular flexibility index (Phi) is 3.70. The average Bonchev–Trinajstić information content (AvgIpc) is 2.17. The Morgan fingerprint density at radius 3 is 2.73 bits per heavy atom. The number of hydrogen-bond acceptors (Lipinski definition) is 1. The quantitative estimate of drug-likeness (QED) is 0.562. The number of rotatable bonds is 4. The van der Waals surface area contributed by atoms with Gasteiger partial charge in [0, 0.05) is 0 Å². The monoisotopic (exact) mass is 222 g/mol. The Morgan fingerprint density at radius 2 is 2.27 bits per heavy atom. The van der Waals surface area contributed by atoms with Gasteiger partial charge in [0.05, 0.1) is 5.41 Å². The summed E-state index contributed by atoms with van der Waals surface area (Å²) in [5, 5.41) is -0.340. The summed E-state index contributed by atoms with van der Waals surface area (Å²) in [5.74, 6) is 0. The molecule has 0 aliphatic carbocycles.